The first-order valence-electron chi connectivity index (χ1n) is 9.34. The Morgan fingerprint density at radius 3 is 1.46 bits per heavy atom. The van der Waals surface area contributed by atoms with Crippen LogP contribution >= 0.6 is 0 Å². The van der Waals surface area contributed by atoms with E-state index in [1.54, 1.807) is 24.3 Å². The molecular formula is C24H26O2. The highest BCUT2D eigenvalue weighted by Gasteiger charge is 2.17. The van der Waals surface area contributed by atoms with Gasteiger partial charge in [0.2, 0.25) is 0 Å². The predicted molar refractivity (Wildman–Crippen MR) is 107 cm³/mol. The maximum Gasteiger partial charge on any atom is 0.115 e. The summed E-state index contributed by atoms with van der Waals surface area (Å²) in [6.07, 6.45) is 4.86. The summed E-state index contributed by atoms with van der Waals surface area (Å²) in [6, 6.07) is 23.6. The highest BCUT2D eigenvalue weighted by Crippen LogP contribution is 2.33. The Morgan fingerprint density at radius 2 is 1.04 bits per heavy atom. The lowest BCUT2D eigenvalue weighted by Crippen LogP contribution is -2.03. The van der Waals surface area contributed by atoms with E-state index in [1.165, 1.54) is 30.4 Å². The number of hydrogen-bond acceptors (Lipinski definition) is 2. The molecule has 0 heterocycles. The molecule has 0 saturated carbocycles. The van der Waals surface area contributed by atoms with Crippen molar-refractivity contribution in [2.75, 3.05) is 0 Å². The zero-order chi connectivity index (χ0) is 18.4. The molecule has 3 aromatic rings. The van der Waals surface area contributed by atoms with Crippen molar-refractivity contribution in [3.8, 4) is 11.5 Å². The van der Waals surface area contributed by atoms with Gasteiger partial charge in [-0.05, 0) is 59.4 Å². The van der Waals surface area contributed by atoms with Crippen molar-refractivity contribution in [1.82, 2.24) is 0 Å². The average Bonchev–Trinajstić information content (AvgIpc) is 2.66. The number of unbranched alkanes of at least 4 members (excludes halogenated alkanes) is 2. The smallest absolute Gasteiger partial charge is 0.115 e. The van der Waals surface area contributed by atoms with Gasteiger partial charge in [0.05, 0.1) is 0 Å². The monoisotopic (exact) mass is 346 g/mol. The summed E-state index contributed by atoms with van der Waals surface area (Å²) in [7, 11) is 0. The van der Waals surface area contributed by atoms with Gasteiger partial charge in [0, 0.05) is 5.92 Å². The fourth-order valence-corrected chi connectivity index (χ4v) is 3.37. The minimum absolute atomic E-state index is 0.0703. The Hall–Kier alpha value is -2.74. The topological polar surface area (TPSA) is 40.5 Å². The minimum atomic E-state index is 0.0703. The molecule has 2 nitrogen and oxygen atoms in total. The van der Waals surface area contributed by atoms with E-state index in [9.17, 15) is 10.2 Å². The van der Waals surface area contributed by atoms with E-state index in [0.29, 0.717) is 0 Å². The summed E-state index contributed by atoms with van der Waals surface area (Å²) in [4.78, 5) is 0. The fraction of sp³-hybridized carbons (Fsp3) is 0.250. The van der Waals surface area contributed by atoms with Gasteiger partial charge in [0.1, 0.15) is 11.5 Å². The van der Waals surface area contributed by atoms with E-state index in [2.05, 4.69) is 31.2 Å². The molecule has 0 aliphatic carbocycles. The van der Waals surface area contributed by atoms with Crippen molar-refractivity contribution in [3.63, 3.8) is 0 Å². The molecule has 0 unspecified atom stereocenters. The van der Waals surface area contributed by atoms with E-state index < -0.39 is 0 Å². The molecule has 134 valence electrons. The van der Waals surface area contributed by atoms with Gasteiger partial charge in [-0.1, -0.05) is 68.3 Å². The molecule has 0 atom stereocenters. The Kier molecular flexibility index (Phi) is 5.96. The molecule has 2 heteroatoms. The van der Waals surface area contributed by atoms with Crippen LogP contribution in [0.4, 0.5) is 0 Å². The largest absolute Gasteiger partial charge is 0.508 e. The van der Waals surface area contributed by atoms with Crippen molar-refractivity contribution >= 4 is 0 Å². The van der Waals surface area contributed by atoms with Crippen molar-refractivity contribution in [2.24, 2.45) is 0 Å². The summed E-state index contributed by atoms with van der Waals surface area (Å²) >= 11 is 0. The molecule has 3 aromatic carbocycles. The SMILES string of the molecule is CCCCCc1ccc(C(c2ccc(O)cc2)c2ccc(O)cc2)cc1. The summed E-state index contributed by atoms with van der Waals surface area (Å²) in [5.41, 5.74) is 4.82. The number of rotatable bonds is 7. The third kappa shape index (κ3) is 4.45. The highest BCUT2D eigenvalue weighted by molar-refractivity contribution is 5.45. The molecular weight excluding hydrogens is 320 g/mol. The van der Waals surface area contributed by atoms with Gasteiger partial charge in [-0.2, -0.15) is 0 Å². The second kappa shape index (κ2) is 8.57. The summed E-state index contributed by atoms with van der Waals surface area (Å²) in [5.74, 6) is 0.606. The summed E-state index contributed by atoms with van der Waals surface area (Å²) in [6.45, 7) is 2.23. The van der Waals surface area contributed by atoms with Crippen LogP contribution in [-0.4, -0.2) is 10.2 Å². The van der Waals surface area contributed by atoms with Gasteiger partial charge < -0.3 is 10.2 Å². The number of benzene rings is 3. The number of phenols is 2. The lowest BCUT2D eigenvalue weighted by atomic mass is 9.84. The van der Waals surface area contributed by atoms with Gasteiger partial charge in [-0.3, -0.25) is 0 Å². The molecule has 3 rings (SSSR count). The fourth-order valence-electron chi connectivity index (χ4n) is 3.37. The first kappa shape index (κ1) is 18.1. The van der Waals surface area contributed by atoms with Gasteiger partial charge in [0.25, 0.3) is 0 Å². The van der Waals surface area contributed by atoms with Crippen LogP contribution in [0.15, 0.2) is 72.8 Å². The summed E-state index contributed by atoms with van der Waals surface area (Å²) in [5, 5.41) is 19.2. The van der Waals surface area contributed by atoms with Crippen LogP contribution in [0.2, 0.25) is 0 Å². The Balaban J connectivity index is 1.92. The van der Waals surface area contributed by atoms with Crippen LogP contribution in [0.5, 0.6) is 11.5 Å². The highest BCUT2D eigenvalue weighted by atomic mass is 16.3. The van der Waals surface area contributed by atoms with E-state index in [1.807, 2.05) is 24.3 Å². The van der Waals surface area contributed by atoms with E-state index >= 15 is 0 Å². The molecule has 2 N–H and O–H groups in total. The van der Waals surface area contributed by atoms with Crippen LogP contribution in [0.25, 0.3) is 0 Å². The van der Waals surface area contributed by atoms with E-state index in [0.717, 1.165) is 17.5 Å². The molecule has 26 heavy (non-hydrogen) atoms. The standard InChI is InChI=1S/C24H26O2/c1-2-3-4-5-18-6-8-19(9-7-18)24(20-10-14-22(25)15-11-20)21-12-16-23(26)17-13-21/h6-17,24-26H,2-5H2,1H3. The summed E-state index contributed by atoms with van der Waals surface area (Å²) < 4.78 is 0. The average molecular weight is 346 g/mol. The van der Waals surface area contributed by atoms with Crippen molar-refractivity contribution in [1.29, 1.82) is 0 Å². The molecule has 0 aliphatic heterocycles. The lowest BCUT2D eigenvalue weighted by Gasteiger charge is -2.19. The van der Waals surface area contributed by atoms with Gasteiger partial charge in [0.15, 0.2) is 0 Å². The number of aromatic hydroxyl groups is 2. The minimum Gasteiger partial charge on any atom is -0.508 e. The van der Waals surface area contributed by atoms with Gasteiger partial charge in [-0.25, -0.2) is 0 Å². The molecule has 0 aliphatic rings. The van der Waals surface area contributed by atoms with Crippen LogP contribution in [-0.2, 0) is 6.42 Å². The molecule has 0 amide bonds. The van der Waals surface area contributed by atoms with Crippen molar-refractivity contribution in [3.05, 3.63) is 95.1 Å². The molecule has 0 aromatic heterocycles. The predicted octanol–water partition coefficient (Wildman–Crippen LogP) is 6.01. The van der Waals surface area contributed by atoms with Crippen molar-refractivity contribution < 1.29 is 10.2 Å². The molecule has 0 radical (unpaired) electrons. The first-order valence-corrected chi connectivity index (χ1v) is 9.34. The molecule has 0 bridgehead atoms. The molecule has 0 saturated heterocycles. The first-order chi connectivity index (χ1) is 12.7. The van der Waals surface area contributed by atoms with Crippen LogP contribution in [0.3, 0.4) is 0 Å². The quantitative estimate of drug-likeness (QED) is 0.406. The maximum absolute atomic E-state index is 9.62. The Morgan fingerprint density at radius 1 is 0.615 bits per heavy atom. The number of hydrogen-bond donors (Lipinski definition) is 2. The second-order valence-electron chi connectivity index (χ2n) is 6.81. The zero-order valence-corrected chi connectivity index (χ0v) is 15.2. The van der Waals surface area contributed by atoms with Crippen LogP contribution in [0, 0.1) is 0 Å². The lowest BCUT2D eigenvalue weighted by molar-refractivity contribution is 0.475. The van der Waals surface area contributed by atoms with Crippen LogP contribution < -0.4 is 0 Å². The number of aryl methyl sites for hydroxylation is 1. The van der Waals surface area contributed by atoms with E-state index in [-0.39, 0.29) is 17.4 Å². The third-order valence-electron chi connectivity index (χ3n) is 4.83. The van der Waals surface area contributed by atoms with Crippen LogP contribution in [0.1, 0.15) is 54.4 Å². The Labute approximate surface area is 155 Å². The molecule has 0 spiro atoms. The van der Waals surface area contributed by atoms with Crippen molar-refractivity contribution in [2.45, 2.75) is 38.5 Å². The number of phenolic OH excluding ortho intramolecular Hbond substituents is 2. The zero-order valence-electron chi connectivity index (χ0n) is 15.2. The Bertz CT molecular complexity index is 757. The maximum atomic E-state index is 9.62. The molecule has 0 fully saturated rings. The van der Waals surface area contributed by atoms with Gasteiger partial charge >= 0.3 is 0 Å². The normalized spacial score (nSPS) is 11.0. The second-order valence-corrected chi connectivity index (χ2v) is 6.81. The van der Waals surface area contributed by atoms with Gasteiger partial charge in [-0.15, -0.1) is 0 Å². The third-order valence-corrected chi connectivity index (χ3v) is 4.83. The van der Waals surface area contributed by atoms with E-state index in [4.69, 9.17) is 0 Å².